The molecule has 1 amide bonds. The molecule has 1 rings (SSSR count). The molecule has 1 aromatic heterocycles. The van der Waals surface area contributed by atoms with E-state index in [-0.39, 0.29) is 16.5 Å². The molecular formula is C10H15BrN2O3. The van der Waals surface area contributed by atoms with Crippen molar-refractivity contribution in [2.45, 2.75) is 18.2 Å². The summed E-state index contributed by atoms with van der Waals surface area (Å²) in [4.78, 5) is 11.8. The summed E-state index contributed by atoms with van der Waals surface area (Å²) in [6.45, 7) is 2.96. The summed E-state index contributed by atoms with van der Waals surface area (Å²) in [6, 6.07) is 1.61. The smallest absolute Gasteiger partial charge is 0.289 e. The number of halogens is 1. The van der Waals surface area contributed by atoms with Gasteiger partial charge in [0.15, 0.2) is 0 Å². The van der Waals surface area contributed by atoms with E-state index in [1.54, 1.807) is 20.1 Å². The zero-order chi connectivity index (χ0) is 12.0. The van der Waals surface area contributed by atoms with Gasteiger partial charge in [-0.15, -0.1) is 0 Å². The van der Waals surface area contributed by atoms with Crippen molar-refractivity contribution in [2.75, 3.05) is 20.3 Å². The van der Waals surface area contributed by atoms with Gasteiger partial charge in [-0.3, -0.25) is 4.79 Å². The average molecular weight is 291 g/mol. The van der Waals surface area contributed by atoms with Gasteiger partial charge in [0.25, 0.3) is 5.91 Å². The highest BCUT2D eigenvalue weighted by atomic mass is 79.9. The summed E-state index contributed by atoms with van der Waals surface area (Å²) in [5.74, 6) is 0.00748. The molecule has 90 valence electrons. The number of nitrogens with one attached hydrogen (secondary N) is 1. The molecular weight excluding hydrogens is 276 g/mol. The van der Waals surface area contributed by atoms with E-state index in [1.807, 2.05) is 0 Å². The summed E-state index contributed by atoms with van der Waals surface area (Å²) in [5.41, 5.74) is 0.697. The quantitative estimate of drug-likeness (QED) is 0.807. The Morgan fingerprint density at radius 1 is 1.75 bits per heavy atom. The number of aromatic nitrogens is 1. The van der Waals surface area contributed by atoms with Crippen LogP contribution in [0.1, 0.15) is 22.7 Å². The topological polar surface area (TPSA) is 64.4 Å². The Morgan fingerprint density at radius 2 is 2.50 bits per heavy atom. The monoisotopic (exact) mass is 290 g/mol. The molecule has 0 aromatic carbocycles. The van der Waals surface area contributed by atoms with E-state index in [4.69, 9.17) is 9.26 Å². The van der Waals surface area contributed by atoms with E-state index in [9.17, 15) is 4.79 Å². The Bertz CT molecular complexity index is 341. The lowest BCUT2D eigenvalue weighted by Gasteiger charge is -2.08. The standard InChI is InChI=1S/C10H15BrN2O3/c1-7-5-9(16-13-7)10(14)12-4-3-8(11)6-15-2/h5,8H,3-4,6H2,1-2H3,(H,12,14). The first kappa shape index (κ1) is 13.2. The maximum Gasteiger partial charge on any atom is 0.289 e. The van der Waals surface area contributed by atoms with Gasteiger partial charge in [0, 0.05) is 24.5 Å². The van der Waals surface area contributed by atoms with Crippen molar-refractivity contribution < 1.29 is 14.1 Å². The maximum absolute atomic E-state index is 11.5. The number of carbonyl (C=O) groups excluding carboxylic acids is 1. The second-order valence-corrected chi connectivity index (χ2v) is 4.72. The second-order valence-electron chi connectivity index (χ2n) is 3.43. The molecule has 0 radical (unpaired) electrons. The van der Waals surface area contributed by atoms with E-state index in [0.717, 1.165) is 6.42 Å². The van der Waals surface area contributed by atoms with E-state index in [0.29, 0.717) is 18.8 Å². The molecule has 0 aliphatic carbocycles. The van der Waals surface area contributed by atoms with Crippen molar-refractivity contribution >= 4 is 21.8 Å². The van der Waals surface area contributed by atoms with Crippen molar-refractivity contribution in [3.8, 4) is 0 Å². The van der Waals surface area contributed by atoms with Crippen LogP contribution >= 0.6 is 15.9 Å². The number of methoxy groups -OCH3 is 1. The molecule has 5 nitrogen and oxygen atoms in total. The van der Waals surface area contributed by atoms with Crippen molar-refractivity contribution in [1.29, 1.82) is 0 Å². The predicted molar refractivity (Wildman–Crippen MR) is 62.8 cm³/mol. The molecule has 0 bridgehead atoms. The minimum absolute atomic E-state index is 0.238. The fourth-order valence-corrected chi connectivity index (χ4v) is 1.66. The van der Waals surface area contributed by atoms with Gasteiger partial charge in [-0.05, 0) is 13.3 Å². The van der Waals surface area contributed by atoms with E-state index in [1.165, 1.54) is 0 Å². The fraction of sp³-hybridized carbons (Fsp3) is 0.600. The molecule has 0 saturated heterocycles. The van der Waals surface area contributed by atoms with Crippen LogP contribution in [-0.4, -0.2) is 36.2 Å². The molecule has 0 saturated carbocycles. The minimum Gasteiger partial charge on any atom is -0.384 e. The van der Waals surface area contributed by atoms with Gasteiger partial charge in [0.2, 0.25) is 5.76 Å². The van der Waals surface area contributed by atoms with Crippen molar-refractivity contribution in [2.24, 2.45) is 0 Å². The minimum atomic E-state index is -0.238. The van der Waals surface area contributed by atoms with Gasteiger partial charge in [-0.25, -0.2) is 0 Å². The van der Waals surface area contributed by atoms with Crippen LogP contribution in [0.2, 0.25) is 0 Å². The van der Waals surface area contributed by atoms with Gasteiger partial charge < -0.3 is 14.6 Å². The van der Waals surface area contributed by atoms with Gasteiger partial charge >= 0.3 is 0 Å². The van der Waals surface area contributed by atoms with Crippen LogP contribution in [0, 0.1) is 6.92 Å². The molecule has 1 N–H and O–H groups in total. The van der Waals surface area contributed by atoms with Crippen molar-refractivity contribution in [1.82, 2.24) is 10.5 Å². The second kappa shape index (κ2) is 6.65. The van der Waals surface area contributed by atoms with Crippen LogP contribution in [0.5, 0.6) is 0 Å². The lowest BCUT2D eigenvalue weighted by atomic mass is 10.3. The fourth-order valence-electron chi connectivity index (χ4n) is 1.16. The van der Waals surface area contributed by atoms with Crippen LogP contribution < -0.4 is 5.32 Å². The summed E-state index contributed by atoms with van der Waals surface area (Å²) >= 11 is 3.44. The first-order chi connectivity index (χ1) is 7.63. The van der Waals surface area contributed by atoms with Gasteiger partial charge in [0.1, 0.15) is 0 Å². The summed E-state index contributed by atoms with van der Waals surface area (Å²) in [6.07, 6.45) is 0.798. The molecule has 1 aromatic rings. The molecule has 6 heteroatoms. The number of alkyl halides is 1. The van der Waals surface area contributed by atoms with Gasteiger partial charge in [-0.1, -0.05) is 21.1 Å². The molecule has 1 atom stereocenters. The third-order valence-electron chi connectivity index (χ3n) is 1.94. The molecule has 0 spiro atoms. The highest BCUT2D eigenvalue weighted by Gasteiger charge is 2.11. The zero-order valence-electron chi connectivity index (χ0n) is 9.33. The molecule has 1 unspecified atom stereocenters. The predicted octanol–water partition coefficient (Wildman–Crippen LogP) is 1.51. The number of ether oxygens (including phenoxy) is 1. The van der Waals surface area contributed by atoms with Crippen LogP contribution in [0.25, 0.3) is 0 Å². The number of hydrogen-bond acceptors (Lipinski definition) is 4. The number of carbonyl (C=O) groups is 1. The van der Waals surface area contributed by atoms with Gasteiger partial charge in [0.05, 0.1) is 12.3 Å². The third-order valence-corrected chi connectivity index (χ3v) is 2.66. The zero-order valence-corrected chi connectivity index (χ0v) is 10.9. The first-order valence-corrected chi connectivity index (χ1v) is 5.89. The summed E-state index contributed by atoms with van der Waals surface area (Å²) in [5, 5.41) is 6.39. The molecule has 0 fully saturated rings. The van der Waals surface area contributed by atoms with Crippen LogP contribution in [0.15, 0.2) is 10.6 Å². The van der Waals surface area contributed by atoms with Crippen molar-refractivity contribution in [3.63, 3.8) is 0 Å². The number of nitrogens with zero attached hydrogens (tertiary/aromatic N) is 1. The van der Waals surface area contributed by atoms with Crippen LogP contribution in [0.3, 0.4) is 0 Å². The lowest BCUT2D eigenvalue weighted by molar-refractivity contribution is 0.0915. The van der Waals surface area contributed by atoms with Gasteiger partial charge in [-0.2, -0.15) is 0 Å². The summed E-state index contributed by atoms with van der Waals surface area (Å²) < 4.78 is 9.79. The number of aryl methyl sites for hydroxylation is 1. The number of amides is 1. The highest BCUT2D eigenvalue weighted by Crippen LogP contribution is 2.05. The first-order valence-electron chi connectivity index (χ1n) is 4.98. The van der Waals surface area contributed by atoms with Crippen molar-refractivity contribution in [3.05, 3.63) is 17.5 Å². The Balaban J connectivity index is 2.25. The molecule has 0 aliphatic rings. The SMILES string of the molecule is COCC(Br)CCNC(=O)c1cc(C)no1. The molecule has 1 heterocycles. The Hall–Kier alpha value is -0.880. The largest absolute Gasteiger partial charge is 0.384 e. The van der Waals surface area contributed by atoms with E-state index >= 15 is 0 Å². The highest BCUT2D eigenvalue weighted by molar-refractivity contribution is 9.09. The average Bonchev–Trinajstić information content (AvgIpc) is 2.65. The number of rotatable bonds is 6. The maximum atomic E-state index is 11.5. The molecule has 0 aliphatic heterocycles. The summed E-state index contributed by atoms with van der Waals surface area (Å²) in [7, 11) is 1.64. The Labute approximate surface area is 103 Å². The number of hydrogen-bond donors (Lipinski definition) is 1. The normalized spacial score (nSPS) is 12.4. The van der Waals surface area contributed by atoms with E-state index < -0.39 is 0 Å². The van der Waals surface area contributed by atoms with Crippen LogP contribution in [0.4, 0.5) is 0 Å². The third kappa shape index (κ3) is 4.32. The lowest BCUT2D eigenvalue weighted by Crippen LogP contribution is -2.26. The molecule has 16 heavy (non-hydrogen) atoms. The Kier molecular flexibility index (Phi) is 5.48. The van der Waals surface area contributed by atoms with E-state index in [2.05, 4.69) is 26.4 Å². The Morgan fingerprint density at radius 3 is 3.06 bits per heavy atom. The van der Waals surface area contributed by atoms with Crippen LogP contribution in [-0.2, 0) is 4.74 Å².